The monoisotopic (exact) mass is 810 g/mol. The van der Waals surface area contributed by atoms with Gasteiger partial charge in [-0.15, -0.1) is 0 Å². The molecule has 0 aromatic heterocycles. The van der Waals surface area contributed by atoms with Crippen LogP contribution in [-0.4, -0.2) is 145 Å². The number of Topliss-reactive ketones (excluding diaryl/α,β-unsaturated/α-hetero) is 1. The largest absolute Gasteiger partial charge is 0.432 e. The van der Waals surface area contributed by atoms with E-state index < -0.39 is 120 Å². The van der Waals surface area contributed by atoms with E-state index in [-0.39, 0.29) is 28.4 Å². The van der Waals surface area contributed by atoms with Crippen molar-refractivity contribution >= 4 is 11.8 Å². The second-order valence-electron chi connectivity index (χ2n) is 20.6. The van der Waals surface area contributed by atoms with E-state index in [2.05, 4.69) is 40.7 Å². The fourth-order valence-electron chi connectivity index (χ4n) is 13.3. The summed E-state index contributed by atoms with van der Waals surface area (Å²) in [5, 5.41) is 95.3. The van der Waals surface area contributed by atoms with E-state index in [9.17, 15) is 55.5 Å². The van der Waals surface area contributed by atoms with Crippen LogP contribution in [0, 0.1) is 50.2 Å². The number of allylic oxidation sites excluding steroid dienone is 2. The fraction of sp³-hybridized carbons (Fsp3) is 0.905. The molecule has 7 aliphatic rings. The summed E-state index contributed by atoms with van der Waals surface area (Å²) in [4.78, 5) is 29.6. The maximum absolute atomic E-state index is 14.8. The van der Waals surface area contributed by atoms with Crippen molar-refractivity contribution in [1.82, 2.24) is 0 Å². The van der Waals surface area contributed by atoms with E-state index in [1.807, 2.05) is 13.8 Å². The third kappa shape index (κ3) is 6.27. The molecule has 7 rings (SSSR count). The summed E-state index contributed by atoms with van der Waals surface area (Å²) in [6.45, 7) is 13.4. The van der Waals surface area contributed by atoms with E-state index in [0.717, 1.165) is 18.4 Å². The Morgan fingerprint density at radius 1 is 0.754 bits per heavy atom. The Balaban J connectivity index is 1.16. The number of aliphatic hydroxyl groups excluding tert-OH is 9. The van der Waals surface area contributed by atoms with Gasteiger partial charge in [-0.3, -0.25) is 9.59 Å². The summed E-state index contributed by atoms with van der Waals surface area (Å²) < 4.78 is 22.8. The molecule has 57 heavy (non-hydrogen) atoms. The zero-order chi connectivity index (χ0) is 42.0. The molecule has 0 bridgehead atoms. The Morgan fingerprint density at radius 3 is 2.00 bits per heavy atom. The highest BCUT2D eigenvalue weighted by Crippen LogP contribution is 2.75. The smallest absolute Gasteiger partial charge is 0.315 e. The lowest BCUT2D eigenvalue weighted by Gasteiger charge is -2.71. The van der Waals surface area contributed by atoms with Gasteiger partial charge < -0.3 is 64.9 Å². The van der Waals surface area contributed by atoms with Gasteiger partial charge in [-0.1, -0.05) is 60.1 Å². The second kappa shape index (κ2) is 14.5. The Hall–Kier alpha value is -1.60. The number of aliphatic hydroxyl groups is 9. The number of hydrogen-bond acceptors (Lipinski definition) is 15. The number of rotatable bonds is 6. The molecule has 0 spiro atoms. The molecule has 4 saturated carbocycles. The number of ether oxygens (including phenoxy) is 4. The van der Waals surface area contributed by atoms with Crippen LogP contribution >= 0.6 is 0 Å². The fourth-order valence-corrected chi connectivity index (χ4v) is 13.3. The lowest BCUT2D eigenvalue weighted by molar-refractivity contribution is -0.328. The van der Waals surface area contributed by atoms with Crippen molar-refractivity contribution < 1.29 is 74.5 Å². The molecule has 15 nitrogen and oxygen atoms in total. The van der Waals surface area contributed by atoms with Gasteiger partial charge in [-0.25, -0.2) is 0 Å². The summed E-state index contributed by atoms with van der Waals surface area (Å²) in [5.41, 5.74) is -2.68. The molecule has 15 heteroatoms. The van der Waals surface area contributed by atoms with Gasteiger partial charge in [0.05, 0.1) is 36.8 Å². The van der Waals surface area contributed by atoms with Crippen molar-refractivity contribution in [3.8, 4) is 0 Å². The average Bonchev–Trinajstić information content (AvgIpc) is 3.15. The van der Waals surface area contributed by atoms with E-state index in [0.29, 0.717) is 38.5 Å². The number of esters is 1. The molecule has 0 amide bonds. The van der Waals surface area contributed by atoms with Crippen LogP contribution in [0.1, 0.15) is 99.8 Å². The van der Waals surface area contributed by atoms with Crippen LogP contribution in [0.3, 0.4) is 0 Å². The van der Waals surface area contributed by atoms with Gasteiger partial charge >= 0.3 is 5.97 Å². The van der Waals surface area contributed by atoms with E-state index in [1.54, 1.807) is 0 Å². The summed E-state index contributed by atoms with van der Waals surface area (Å²) in [6, 6.07) is 0. The molecule has 9 N–H and O–H groups in total. The summed E-state index contributed by atoms with van der Waals surface area (Å²) in [6.07, 6.45) is -11.6. The van der Waals surface area contributed by atoms with Crippen LogP contribution in [0.5, 0.6) is 0 Å². The maximum atomic E-state index is 14.8. The lowest BCUT2D eigenvalue weighted by atomic mass is 9.33. The Bertz CT molecular complexity index is 1600. The number of hydrogen-bond donors (Lipinski definition) is 9. The molecular formula is C42H66O15. The highest BCUT2D eigenvalue weighted by molar-refractivity contribution is 5.96. The standard InChI is InChI=1S/C42H66O15/c1-37(2)12-14-42(36(53)57-35-31(50)29(48)27(46)22(56-35)18-54-34-30(49)28(47)26(45)21(17-43)55-34)15-13-40(6)19(25(42)33(37)52)8-9-24-39(5)16-20(44)32(51)38(3,4)23(39)10-11-41(24,40)7/h8,20-32,34-35,43-51H,9-18H2,1-7H3/t20-,21-,22-,23+,24-,25-,26-,27-,28+,29+,30-,31-,32-,34-,35+,39+,40-,41-,42+/m1/s1. The zero-order valence-corrected chi connectivity index (χ0v) is 34.3. The van der Waals surface area contributed by atoms with Crippen molar-refractivity contribution in [3.05, 3.63) is 11.6 Å². The highest BCUT2D eigenvalue weighted by atomic mass is 16.7. The quantitative estimate of drug-likeness (QED) is 0.131. The van der Waals surface area contributed by atoms with Gasteiger partial charge in [0.25, 0.3) is 0 Å². The Morgan fingerprint density at radius 2 is 1.35 bits per heavy atom. The van der Waals surface area contributed by atoms with Gasteiger partial charge in [0.1, 0.15) is 54.6 Å². The molecule has 5 aliphatic carbocycles. The number of carbonyl (C=O) groups is 2. The summed E-state index contributed by atoms with van der Waals surface area (Å²) in [5.74, 6) is -1.32. The van der Waals surface area contributed by atoms with Gasteiger partial charge in [0, 0.05) is 5.41 Å². The van der Waals surface area contributed by atoms with Crippen LogP contribution in [0.2, 0.25) is 0 Å². The minimum absolute atomic E-state index is 0.0615. The SMILES string of the molecule is CC1(C)CC[C@]2(C(=O)O[C@@H]3O[C@H](CO[C@@H]4O[C@H](CO)[C@@H](O)[C@H](O)[C@H]4O)[C@@H](O)[C@H](O)[C@H]3O)CC[C@]3(C)C(=CC[C@@H]4[C@@]5(C)C[C@@H](O)[C@@H](O)C(C)(C)[C@@H]5CC[C@]43C)[C@@H]2C1=O. The van der Waals surface area contributed by atoms with Crippen molar-refractivity contribution in [3.63, 3.8) is 0 Å². The third-order valence-corrected chi connectivity index (χ3v) is 17.1. The first-order valence-electron chi connectivity index (χ1n) is 20.9. The van der Waals surface area contributed by atoms with Crippen LogP contribution in [0.25, 0.3) is 0 Å². The van der Waals surface area contributed by atoms with Gasteiger partial charge in [-0.05, 0) is 84.9 Å². The molecule has 2 aliphatic heterocycles. The normalized spacial score (nSPS) is 53.0. The lowest BCUT2D eigenvalue weighted by Crippen LogP contribution is -2.68. The molecule has 0 unspecified atom stereocenters. The summed E-state index contributed by atoms with van der Waals surface area (Å²) in [7, 11) is 0. The Labute approximate surface area is 334 Å². The molecule has 2 heterocycles. The first-order valence-corrected chi connectivity index (χ1v) is 20.9. The third-order valence-electron chi connectivity index (χ3n) is 17.1. The highest BCUT2D eigenvalue weighted by Gasteiger charge is 2.72. The maximum Gasteiger partial charge on any atom is 0.315 e. The molecule has 2 saturated heterocycles. The predicted molar refractivity (Wildman–Crippen MR) is 199 cm³/mol. The first kappa shape index (κ1) is 43.5. The van der Waals surface area contributed by atoms with Crippen LogP contribution in [0.4, 0.5) is 0 Å². The number of ketones is 1. The van der Waals surface area contributed by atoms with Crippen molar-refractivity contribution in [2.45, 2.75) is 173 Å². The predicted octanol–water partition coefficient (Wildman–Crippen LogP) is 0.466. The molecule has 324 valence electrons. The zero-order valence-electron chi connectivity index (χ0n) is 34.3. The molecule has 0 aromatic rings. The van der Waals surface area contributed by atoms with E-state index in [1.165, 1.54) is 0 Å². The molecule has 6 fully saturated rings. The van der Waals surface area contributed by atoms with Crippen molar-refractivity contribution in [1.29, 1.82) is 0 Å². The van der Waals surface area contributed by atoms with Crippen LogP contribution in [0.15, 0.2) is 11.6 Å². The van der Waals surface area contributed by atoms with Crippen LogP contribution in [-0.2, 0) is 28.5 Å². The van der Waals surface area contributed by atoms with Crippen LogP contribution < -0.4 is 0 Å². The first-order chi connectivity index (χ1) is 26.4. The number of carbonyl (C=O) groups excluding carboxylic acids is 2. The molecule has 19 atom stereocenters. The van der Waals surface area contributed by atoms with Crippen molar-refractivity contribution in [2.75, 3.05) is 13.2 Å². The second-order valence-corrected chi connectivity index (χ2v) is 20.6. The van der Waals surface area contributed by atoms with Gasteiger partial charge in [0.15, 0.2) is 6.29 Å². The molecule has 0 radical (unpaired) electrons. The topological polar surface area (TPSA) is 253 Å². The molecule has 0 aromatic carbocycles. The Kier molecular flexibility index (Phi) is 11.1. The van der Waals surface area contributed by atoms with E-state index in [4.69, 9.17) is 18.9 Å². The minimum Gasteiger partial charge on any atom is -0.432 e. The molecular weight excluding hydrogens is 744 g/mol. The van der Waals surface area contributed by atoms with Gasteiger partial charge in [-0.2, -0.15) is 0 Å². The number of fused-ring (bicyclic) bond motifs is 7. The summed E-state index contributed by atoms with van der Waals surface area (Å²) >= 11 is 0. The van der Waals surface area contributed by atoms with Gasteiger partial charge in [0.2, 0.25) is 6.29 Å². The average molecular weight is 811 g/mol. The van der Waals surface area contributed by atoms with E-state index >= 15 is 0 Å². The minimum atomic E-state index is -1.87. The van der Waals surface area contributed by atoms with Crippen molar-refractivity contribution in [2.24, 2.45) is 50.2 Å².